The number of nitrogens with two attached hydrogens (primary N) is 1. The molecule has 0 radical (unpaired) electrons. The molecule has 0 aliphatic heterocycles. The maximum absolute atomic E-state index is 12.3. The molecule has 0 aliphatic carbocycles. The Morgan fingerprint density at radius 3 is 2.32 bits per heavy atom. The molecular weight excluding hydrogens is 384 g/mol. The highest BCUT2D eigenvalue weighted by molar-refractivity contribution is 7.87. The highest BCUT2D eigenvalue weighted by Gasteiger charge is 2.28. The lowest BCUT2D eigenvalue weighted by atomic mass is 10.2. The van der Waals surface area contributed by atoms with E-state index in [-0.39, 0.29) is 24.5 Å². The molecule has 0 aliphatic rings. The Bertz CT molecular complexity index is 898. The molecule has 2 aromatic rings. The van der Waals surface area contributed by atoms with E-state index in [0.29, 0.717) is 0 Å². The average Bonchev–Trinajstić information content (AvgIpc) is 2.67. The Labute approximate surface area is 163 Å². The SMILES string of the molecule is Cc1ccc(S(=O)(=O)OC(=O)C(CCN)NC(=O)OCc2ccccc2)cc1. The van der Waals surface area contributed by atoms with Gasteiger partial charge in [-0.2, -0.15) is 8.42 Å². The van der Waals surface area contributed by atoms with E-state index in [1.165, 1.54) is 12.1 Å². The predicted molar refractivity (Wildman–Crippen MR) is 102 cm³/mol. The normalized spacial score (nSPS) is 12.1. The van der Waals surface area contributed by atoms with E-state index in [0.717, 1.165) is 11.1 Å². The fourth-order valence-corrected chi connectivity index (χ4v) is 3.14. The van der Waals surface area contributed by atoms with E-state index < -0.39 is 28.2 Å². The summed E-state index contributed by atoms with van der Waals surface area (Å²) in [6.07, 6.45) is -0.894. The van der Waals surface area contributed by atoms with Gasteiger partial charge >= 0.3 is 22.2 Å². The summed E-state index contributed by atoms with van der Waals surface area (Å²) >= 11 is 0. The standard InChI is InChI=1S/C19H22N2O6S/c1-14-7-9-16(10-8-14)28(24,25)27-18(22)17(11-12-20)21-19(23)26-13-15-5-3-2-4-6-15/h2-10,17H,11-13,20H2,1H3,(H,21,23). The molecule has 2 aromatic carbocycles. The van der Waals surface area contributed by atoms with Crippen LogP contribution in [-0.4, -0.2) is 33.1 Å². The van der Waals surface area contributed by atoms with Crippen LogP contribution in [0.25, 0.3) is 0 Å². The molecule has 1 atom stereocenters. The predicted octanol–water partition coefficient (Wildman–Crippen LogP) is 1.87. The maximum atomic E-state index is 12.3. The fourth-order valence-electron chi connectivity index (χ4n) is 2.24. The lowest BCUT2D eigenvalue weighted by Crippen LogP contribution is -2.43. The van der Waals surface area contributed by atoms with Crippen molar-refractivity contribution in [2.75, 3.05) is 6.54 Å². The Hall–Kier alpha value is -2.91. The summed E-state index contributed by atoms with van der Waals surface area (Å²) in [5.41, 5.74) is 7.07. The monoisotopic (exact) mass is 406 g/mol. The van der Waals surface area contributed by atoms with Crippen LogP contribution in [0, 0.1) is 6.92 Å². The number of aryl methyl sites for hydroxylation is 1. The molecule has 0 saturated heterocycles. The van der Waals surface area contributed by atoms with Gasteiger partial charge in [0.1, 0.15) is 17.5 Å². The van der Waals surface area contributed by atoms with Gasteiger partial charge in [0.05, 0.1) is 0 Å². The molecule has 1 unspecified atom stereocenters. The van der Waals surface area contributed by atoms with Crippen molar-refractivity contribution in [3.63, 3.8) is 0 Å². The topological polar surface area (TPSA) is 125 Å². The van der Waals surface area contributed by atoms with Gasteiger partial charge in [-0.15, -0.1) is 0 Å². The Morgan fingerprint density at radius 1 is 1.07 bits per heavy atom. The van der Waals surface area contributed by atoms with Crippen LogP contribution in [0.4, 0.5) is 4.79 Å². The number of carbonyl (C=O) groups is 2. The molecule has 1 amide bonds. The summed E-state index contributed by atoms with van der Waals surface area (Å²) < 4.78 is 34.2. The van der Waals surface area contributed by atoms with Gasteiger partial charge in [-0.3, -0.25) is 0 Å². The minimum absolute atomic E-state index is 0.00126. The van der Waals surface area contributed by atoms with E-state index >= 15 is 0 Å². The number of nitrogens with one attached hydrogen (secondary N) is 1. The summed E-state index contributed by atoms with van der Waals surface area (Å²) in [6.45, 7) is 1.83. The van der Waals surface area contributed by atoms with Crippen LogP contribution >= 0.6 is 0 Å². The number of benzene rings is 2. The first-order chi connectivity index (χ1) is 13.3. The Kier molecular flexibility index (Phi) is 7.53. The molecule has 0 saturated carbocycles. The van der Waals surface area contributed by atoms with Crippen molar-refractivity contribution in [2.24, 2.45) is 5.73 Å². The second-order valence-electron chi connectivity index (χ2n) is 6.01. The van der Waals surface area contributed by atoms with Gasteiger partial charge in [0, 0.05) is 0 Å². The number of carbonyl (C=O) groups excluding carboxylic acids is 2. The van der Waals surface area contributed by atoms with Crippen LogP contribution < -0.4 is 11.1 Å². The summed E-state index contributed by atoms with van der Waals surface area (Å²) in [5, 5.41) is 2.29. The van der Waals surface area contributed by atoms with Crippen molar-refractivity contribution in [1.82, 2.24) is 5.32 Å². The minimum Gasteiger partial charge on any atom is -0.445 e. The van der Waals surface area contributed by atoms with Crippen LogP contribution in [0.1, 0.15) is 17.5 Å². The first-order valence-electron chi connectivity index (χ1n) is 8.54. The number of hydrogen-bond acceptors (Lipinski definition) is 7. The Balaban J connectivity index is 1.98. The zero-order chi connectivity index (χ0) is 20.6. The highest BCUT2D eigenvalue weighted by atomic mass is 32.2. The second kappa shape index (κ2) is 9.86. The molecule has 3 N–H and O–H groups in total. The number of amides is 1. The maximum Gasteiger partial charge on any atom is 0.408 e. The van der Waals surface area contributed by atoms with Gasteiger partial charge in [-0.25, -0.2) is 9.59 Å². The molecule has 0 heterocycles. The quantitative estimate of drug-likeness (QED) is 0.641. The van der Waals surface area contributed by atoms with Crippen molar-refractivity contribution < 1.29 is 26.9 Å². The van der Waals surface area contributed by atoms with Crippen LogP contribution in [0.2, 0.25) is 0 Å². The van der Waals surface area contributed by atoms with Crippen LogP contribution in [0.5, 0.6) is 0 Å². The molecule has 0 fully saturated rings. The van der Waals surface area contributed by atoms with Crippen molar-refractivity contribution in [3.05, 3.63) is 65.7 Å². The second-order valence-corrected chi connectivity index (χ2v) is 7.55. The number of rotatable bonds is 8. The van der Waals surface area contributed by atoms with Crippen molar-refractivity contribution >= 4 is 22.2 Å². The molecule has 150 valence electrons. The van der Waals surface area contributed by atoms with E-state index in [4.69, 9.17) is 10.5 Å². The van der Waals surface area contributed by atoms with E-state index in [1.807, 2.05) is 6.07 Å². The lowest BCUT2D eigenvalue weighted by molar-refractivity contribution is -0.136. The molecule has 28 heavy (non-hydrogen) atoms. The largest absolute Gasteiger partial charge is 0.445 e. The summed E-state index contributed by atoms with van der Waals surface area (Å²) in [5.74, 6) is -1.14. The summed E-state index contributed by atoms with van der Waals surface area (Å²) in [7, 11) is -4.31. The summed E-state index contributed by atoms with van der Waals surface area (Å²) in [6, 6.07) is 13.5. The van der Waals surface area contributed by atoms with Gasteiger partial charge < -0.3 is 20.0 Å². The van der Waals surface area contributed by atoms with Crippen molar-refractivity contribution in [2.45, 2.75) is 30.9 Å². The van der Waals surface area contributed by atoms with Crippen molar-refractivity contribution in [1.29, 1.82) is 0 Å². The lowest BCUT2D eigenvalue weighted by Gasteiger charge is -2.16. The van der Waals surface area contributed by atoms with E-state index in [9.17, 15) is 18.0 Å². The number of ether oxygens (including phenoxy) is 1. The van der Waals surface area contributed by atoms with E-state index in [1.54, 1.807) is 43.3 Å². The number of alkyl carbamates (subject to hydrolysis) is 1. The van der Waals surface area contributed by atoms with Gasteiger partial charge in [0.25, 0.3) is 0 Å². The highest BCUT2D eigenvalue weighted by Crippen LogP contribution is 2.14. The van der Waals surface area contributed by atoms with Crippen LogP contribution in [0.3, 0.4) is 0 Å². The zero-order valence-electron chi connectivity index (χ0n) is 15.3. The average molecular weight is 406 g/mol. The zero-order valence-corrected chi connectivity index (χ0v) is 16.1. The third-order valence-corrected chi connectivity index (χ3v) is 4.98. The fraction of sp³-hybridized carbons (Fsp3) is 0.263. The van der Waals surface area contributed by atoms with Crippen molar-refractivity contribution in [3.8, 4) is 0 Å². The molecule has 9 heteroatoms. The van der Waals surface area contributed by atoms with Crippen LogP contribution in [0.15, 0.2) is 59.5 Å². The Morgan fingerprint density at radius 2 is 1.71 bits per heavy atom. The van der Waals surface area contributed by atoms with Gasteiger partial charge in [-0.05, 0) is 37.6 Å². The minimum atomic E-state index is -4.31. The molecular formula is C19H22N2O6S. The smallest absolute Gasteiger partial charge is 0.408 e. The molecule has 0 aromatic heterocycles. The van der Waals surface area contributed by atoms with Gasteiger partial charge in [0.2, 0.25) is 0 Å². The third-order valence-electron chi connectivity index (χ3n) is 3.75. The molecule has 0 spiro atoms. The van der Waals surface area contributed by atoms with Gasteiger partial charge in [-0.1, -0.05) is 48.0 Å². The molecule has 8 nitrogen and oxygen atoms in total. The van der Waals surface area contributed by atoms with Crippen LogP contribution in [-0.2, 0) is 30.4 Å². The van der Waals surface area contributed by atoms with E-state index in [2.05, 4.69) is 9.50 Å². The molecule has 2 rings (SSSR count). The number of hydrogen-bond donors (Lipinski definition) is 2. The first-order valence-corrected chi connectivity index (χ1v) is 9.95. The summed E-state index contributed by atoms with van der Waals surface area (Å²) in [4.78, 5) is 24.1. The third kappa shape index (κ3) is 6.36. The molecule has 0 bridgehead atoms. The first kappa shape index (κ1) is 21.4. The van der Waals surface area contributed by atoms with Gasteiger partial charge in [0.15, 0.2) is 0 Å².